The van der Waals surface area contributed by atoms with Gasteiger partial charge in [-0.2, -0.15) is 4.98 Å². The van der Waals surface area contributed by atoms with E-state index in [1.54, 1.807) is 0 Å². The fourth-order valence-corrected chi connectivity index (χ4v) is 2.22. The van der Waals surface area contributed by atoms with Gasteiger partial charge in [-0.15, -0.1) is 0 Å². The van der Waals surface area contributed by atoms with E-state index in [0.717, 1.165) is 19.0 Å². The zero-order valence-corrected chi connectivity index (χ0v) is 13.2. The van der Waals surface area contributed by atoms with Crippen molar-refractivity contribution in [2.24, 2.45) is 0 Å². The summed E-state index contributed by atoms with van der Waals surface area (Å²) < 4.78 is 0. The average molecular weight is 315 g/mol. The first-order valence-electron chi connectivity index (χ1n) is 7.56. The molecule has 0 fully saturated rings. The minimum atomic E-state index is -0.508. The number of nitro groups is 1. The lowest BCUT2D eigenvalue weighted by Crippen LogP contribution is -2.07. The van der Waals surface area contributed by atoms with Gasteiger partial charge in [0.05, 0.1) is 4.92 Å². The van der Waals surface area contributed by atoms with Crippen LogP contribution >= 0.6 is 11.6 Å². The molecule has 118 valence electrons. The SMILES string of the molecule is CCCCCCCCCCNc1nc(Cl)ncc1[N+](=O)[O-]. The number of hydrogen-bond donors (Lipinski definition) is 1. The van der Waals surface area contributed by atoms with Gasteiger partial charge < -0.3 is 5.32 Å². The molecule has 0 aliphatic heterocycles. The standard InChI is InChI=1S/C14H23ClN4O2/c1-2-3-4-5-6-7-8-9-10-16-13-12(19(20)21)11-17-14(15)18-13/h11H,2-10H2,1H3,(H,16,17,18). The van der Waals surface area contributed by atoms with Crippen molar-refractivity contribution >= 4 is 23.1 Å². The predicted octanol–water partition coefficient (Wildman–Crippen LogP) is 4.59. The van der Waals surface area contributed by atoms with Crippen molar-refractivity contribution in [3.63, 3.8) is 0 Å². The molecule has 0 atom stereocenters. The molecular weight excluding hydrogens is 292 g/mol. The quantitative estimate of drug-likeness (QED) is 0.279. The largest absolute Gasteiger partial charge is 0.364 e. The van der Waals surface area contributed by atoms with Gasteiger partial charge in [0, 0.05) is 6.54 Å². The van der Waals surface area contributed by atoms with Crippen LogP contribution < -0.4 is 5.32 Å². The lowest BCUT2D eigenvalue weighted by Gasteiger charge is -2.06. The summed E-state index contributed by atoms with van der Waals surface area (Å²) in [5, 5.41) is 13.8. The van der Waals surface area contributed by atoms with Gasteiger partial charge in [0.15, 0.2) is 0 Å². The summed E-state index contributed by atoms with van der Waals surface area (Å²) in [5.74, 6) is 0.197. The second kappa shape index (κ2) is 10.3. The van der Waals surface area contributed by atoms with Gasteiger partial charge in [-0.3, -0.25) is 10.1 Å². The van der Waals surface area contributed by atoms with Gasteiger partial charge in [0.25, 0.3) is 0 Å². The molecule has 0 aromatic carbocycles. The van der Waals surface area contributed by atoms with Crippen LogP contribution in [0.15, 0.2) is 6.20 Å². The number of halogens is 1. The van der Waals surface area contributed by atoms with E-state index in [0.29, 0.717) is 6.54 Å². The van der Waals surface area contributed by atoms with E-state index in [2.05, 4.69) is 22.2 Å². The highest BCUT2D eigenvalue weighted by Crippen LogP contribution is 2.21. The van der Waals surface area contributed by atoms with E-state index < -0.39 is 4.92 Å². The summed E-state index contributed by atoms with van der Waals surface area (Å²) in [6, 6.07) is 0. The molecule has 21 heavy (non-hydrogen) atoms. The number of unbranched alkanes of at least 4 members (excludes halogenated alkanes) is 7. The zero-order valence-electron chi connectivity index (χ0n) is 12.5. The molecule has 1 aromatic heterocycles. The number of rotatable bonds is 11. The third kappa shape index (κ3) is 7.22. The highest BCUT2D eigenvalue weighted by Gasteiger charge is 2.16. The first-order valence-corrected chi connectivity index (χ1v) is 7.93. The second-order valence-electron chi connectivity index (χ2n) is 5.03. The summed E-state index contributed by atoms with van der Waals surface area (Å²) in [6.45, 7) is 2.87. The number of hydrogen-bond acceptors (Lipinski definition) is 5. The van der Waals surface area contributed by atoms with Crippen molar-refractivity contribution in [1.82, 2.24) is 9.97 Å². The van der Waals surface area contributed by atoms with E-state index in [1.165, 1.54) is 38.5 Å². The maximum absolute atomic E-state index is 10.8. The van der Waals surface area contributed by atoms with Crippen molar-refractivity contribution in [2.45, 2.75) is 58.3 Å². The molecule has 0 bridgehead atoms. The summed E-state index contributed by atoms with van der Waals surface area (Å²) >= 11 is 5.66. The molecular formula is C14H23ClN4O2. The van der Waals surface area contributed by atoms with E-state index in [-0.39, 0.29) is 16.8 Å². The normalized spacial score (nSPS) is 10.6. The molecule has 1 rings (SSSR count). The molecule has 0 saturated heterocycles. The Labute approximate surface area is 130 Å². The molecule has 0 unspecified atom stereocenters. The molecule has 0 amide bonds. The Morgan fingerprint density at radius 3 is 2.43 bits per heavy atom. The van der Waals surface area contributed by atoms with Crippen LogP contribution in [0.25, 0.3) is 0 Å². The van der Waals surface area contributed by atoms with Crippen LogP contribution in [0.5, 0.6) is 0 Å². The van der Waals surface area contributed by atoms with Crippen molar-refractivity contribution in [3.05, 3.63) is 21.6 Å². The van der Waals surface area contributed by atoms with Gasteiger partial charge in [-0.05, 0) is 18.0 Å². The van der Waals surface area contributed by atoms with Crippen LogP contribution in [-0.4, -0.2) is 21.4 Å². The average Bonchev–Trinajstić information content (AvgIpc) is 2.45. The van der Waals surface area contributed by atoms with E-state index in [9.17, 15) is 10.1 Å². The molecule has 1 N–H and O–H groups in total. The number of aromatic nitrogens is 2. The Hall–Kier alpha value is -1.43. The molecule has 0 aliphatic rings. The van der Waals surface area contributed by atoms with Gasteiger partial charge in [0.1, 0.15) is 6.20 Å². The van der Waals surface area contributed by atoms with E-state index in [4.69, 9.17) is 11.6 Å². The van der Waals surface area contributed by atoms with Crippen LogP contribution in [-0.2, 0) is 0 Å². The van der Waals surface area contributed by atoms with Crippen molar-refractivity contribution in [3.8, 4) is 0 Å². The predicted molar refractivity (Wildman–Crippen MR) is 84.8 cm³/mol. The van der Waals surface area contributed by atoms with E-state index >= 15 is 0 Å². The maximum atomic E-state index is 10.8. The molecule has 1 heterocycles. The Balaban J connectivity index is 2.21. The summed E-state index contributed by atoms with van der Waals surface area (Å²) in [5.41, 5.74) is -0.140. The fourth-order valence-electron chi connectivity index (χ4n) is 2.08. The maximum Gasteiger partial charge on any atom is 0.329 e. The Kier molecular flexibility index (Phi) is 8.66. The number of nitrogens with one attached hydrogen (secondary N) is 1. The molecule has 0 spiro atoms. The van der Waals surface area contributed by atoms with Crippen LogP contribution in [0.1, 0.15) is 58.3 Å². The summed E-state index contributed by atoms with van der Waals surface area (Å²) in [6.07, 6.45) is 10.9. The van der Waals surface area contributed by atoms with Crippen LogP contribution in [0.3, 0.4) is 0 Å². The van der Waals surface area contributed by atoms with Gasteiger partial charge >= 0.3 is 5.69 Å². The molecule has 0 aliphatic carbocycles. The smallest absolute Gasteiger partial charge is 0.329 e. The molecule has 0 radical (unpaired) electrons. The molecule has 6 nitrogen and oxygen atoms in total. The number of anilines is 1. The van der Waals surface area contributed by atoms with Gasteiger partial charge in [-0.25, -0.2) is 4.98 Å². The van der Waals surface area contributed by atoms with E-state index in [1.807, 2.05) is 0 Å². The summed E-state index contributed by atoms with van der Waals surface area (Å²) in [4.78, 5) is 17.8. The molecule has 1 aromatic rings. The highest BCUT2D eigenvalue weighted by molar-refractivity contribution is 6.28. The highest BCUT2D eigenvalue weighted by atomic mass is 35.5. The fraction of sp³-hybridized carbons (Fsp3) is 0.714. The first kappa shape index (κ1) is 17.6. The second-order valence-corrected chi connectivity index (χ2v) is 5.37. The topological polar surface area (TPSA) is 81.0 Å². The Bertz CT molecular complexity index is 443. The minimum absolute atomic E-state index is 0.0130. The number of nitrogens with zero attached hydrogens (tertiary/aromatic N) is 3. The lowest BCUT2D eigenvalue weighted by atomic mass is 10.1. The summed E-state index contributed by atoms with van der Waals surface area (Å²) in [7, 11) is 0. The van der Waals surface area contributed by atoms with Gasteiger partial charge in [-0.1, -0.05) is 51.9 Å². The Morgan fingerprint density at radius 2 is 1.81 bits per heavy atom. The first-order chi connectivity index (χ1) is 10.1. The Morgan fingerprint density at radius 1 is 1.19 bits per heavy atom. The third-order valence-electron chi connectivity index (χ3n) is 3.26. The van der Waals surface area contributed by atoms with Crippen LogP contribution in [0, 0.1) is 10.1 Å². The van der Waals surface area contributed by atoms with Gasteiger partial charge in [0.2, 0.25) is 11.1 Å². The lowest BCUT2D eigenvalue weighted by molar-refractivity contribution is -0.384. The zero-order chi connectivity index (χ0) is 15.5. The third-order valence-corrected chi connectivity index (χ3v) is 3.44. The molecule has 0 saturated carbocycles. The van der Waals surface area contributed by atoms with Crippen molar-refractivity contribution < 1.29 is 4.92 Å². The van der Waals surface area contributed by atoms with Crippen LogP contribution in [0.2, 0.25) is 5.28 Å². The van der Waals surface area contributed by atoms with Crippen LogP contribution in [0.4, 0.5) is 11.5 Å². The minimum Gasteiger partial charge on any atom is -0.364 e. The van der Waals surface area contributed by atoms with Crippen molar-refractivity contribution in [2.75, 3.05) is 11.9 Å². The molecule has 7 heteroatoms. The monoisotopic (exact) mass is 314 g/mol. The van der Waals surface area contributed by atoms with Crippen molar-refractivity contribution in [1.29, 1.82) is 0 Å².